The quantitative estimate of drug-likeness (QED) is 0.133. The van der Waals surface area contributed by atoms with E-state index in [0.29, 0.717) is 44.8 Å². The Bertz CT molecular complexity index is 2520. The fraction of sp³-hybridized carbons (Fsp3) is 0.190. The molecular formula is C42H31N3O7. The Labute approximate surface area is 297 Å². The van der Waals surface area contributed by atoms with Gasteiger partial charge in [0.1, 0.15) is 28.9 Å². The highest BCUT2D eigenvalue weighted by atomic mass is 16.5. The van der Waals surface area contributed by atoms with Crippen LogP contribution in [0.25, 0.3) is 27.4 Å². The van der Waals surface area contributed by atoms with Crippen LogP contribution in [0.1, 0.15) is 90.3 Å². The number of fused-ring (bicyclic) bond motifs is 4. The van der Waals surface area contributed by atoms with Gasteiger partial charge in [-0.3, -0.25) is 28.5 Å². The lowest BCUT2D eigenvalue weighted by atomic mass is 9.96. The summed E-state index contributed by atoms with van der Waals surface area (Å²) in [7, 11) is 3.00. The molecule has 0 atom stereocenters. The maximum Gasteiger partial charge on any atom is 0.266 e. The smallest absolute Gasteiger partial charge is 0.266 e. The molecule has 3 aliphatic rings. The van der Waals surface area contributed by atoms with E-state index in [9.17, 15) is 24.0 Å². The third kappa shape index (κ3) is 4.56. The maximum atomic E-state index is 14.2. The molecule has 1 aliphatic heterocycles. The van der Waals surface area contributed by atoms with E-state index in [1.165, 1.54) is 18.8 Å². The number of benzene rings is 5. The first-order chi connectivity index (χ1) is 25.3. The summed E-state index contributed by atoms with van der Waals surface area (Å²) in [5.74, 6) is -2.40. The Hall–Kier alpha value is -6.42. The van der Waals surface area contributed by atoms with Crippen LogP contribution in [0.3, 0.4) is 0 Å². The zero-order valence-electron chi connectivity index (χ0n) is 28.3. The minimum absolute atomic E-state index is 0.0236. The third-order valence-electron chi connectivity index (χ3n) is 10.7. The summed E-state index contributed by atoms with van der Waals surface area (Å²) in [5.41, 5.74) is 2.34. The Morgan fingerprint density at radius 1 is 0.654 bits per heavy atom. The number of rotatable bonds is 6. The molecule has 6 aromatic rings. The molecular weight excluding hydrogens is 658 g/mol. The van der Waals surface area contributed by atoms with Crippen LogP contribution in [0, 0.1) is 0 Å². The summed E-state index contributed by atoms with van der Waals surface area (Å²) in [6.45, 7) is 0. The molecule has 0 unspecified atom stereocenters. The Balaban J connectivity index is 1.14. The first kappa shape index (κ1) is 31.6. The van der Waals surface area contributed by atoms with Crippen molar-refractivity contribution in [1.29, 1.82) is 0 Å². The molecule has 0 spiro atoms. The standard InChI is InChI=1S/C42H31N3O7/c1-51-33-20-25(22-10-6-7-11-22)21-34(52-2)36(33)45-41(49)30-18-23-16-28-29(17-24(23)19-31(30)42(45)50)38(47)35(37(28)46)39-43-32-15-9-8-14-27(32)40(48)44(39)26-12-4-3-5-13-26/h3-5,8-9,12-22,35H,6-7,10-11H2,1-2H3. The van der Waals surface area contributed by atoms with E-state index in [2.05, 4.69) is 0 Å². The summed E-state index contributed by atoms with van der Waals surface area (Å²) >= 11 is 0. The Morgan fingerprint density at radius 3 is 1.77 bits per heavy atom. The van der Waals surface area contributed by atoms with E-state index in [1.807, 2.05) is 18.2 Å². The van der Waals surface area contributed by atoms with Gasteiger partial charge in [0.05, 0.1) is 41.9 Å². The normalized spacial score (nSPS) is 16.0. The van der Waals surface area contributed by atoms with Crippen LogP contribution in [0.4, 0.5) is 5.69 Å². The van der Waals surface area contributed by atoms with Gasteiger partial charge in [-0.25, -0.2) is 9.88 Å². The highest BCUT2D eigenvalue weighted by Crippen LogP contribution is 2.47. The van der Waals surface area contributed by atoms with Gasteiger partial charge in [-0.1, -0.05) is 43.2 Å². The van der Waals surface area contributed by atoms with Crippen molar-refractivity contribution in [3.05, 3.63) is 135 Å². The summed E-state index contributed by atoms with van der Waals surface area (Å²) in [4.78, 5) is 76.2. The molecule has 0 saturated heterocycles. The molecule has 2 amide bonds. The minimum Gasteiger partial charge on any atom is -0.494 e. The fourth-order valence-electron chi connectivity index (χ4n) is 8.11. The molecule has 0 N–H and O–H groups in total. The monoisotopic (exact) mass is 689 g/mol. The van der Waals surface area contributed by atoms with Crippen LogP contribution in [0.15, 0.2) is 95.8 Å². The van der Waals surface area contributed by atoms with E-state index in [-0.39, 0.29) is 33.8 Å². The van der Waals surface area contributed by atoms with Gasteiger partial charge in [0.15, 0.2) is 11.6 Å². The number of aromatic nitrogens is 2. The van der Waals surface area contributed by atoms with Crippen LogP contribution in [-0.4, -0.2) is 47.2 Å². The molecule has 9 rings (SSSR count). The molecule has 10 nitrogen and oxygen atoms in total. The van der Waals surface area contributed by atoms with Gasteiger partial charge in [0.25, 0.3) is 17.4 Å². The largest absolute Gasteiger partial charge is 0.494 e. The summed E-state index contributed by atoms with van der Waals surface area (Å²) in [6, 6.07) is 25.7. The van der Waals surface area contributed by atoms with Crippen LogP contribution < -0.4 is 19.9 Å². The predicted octanol–water partition coefficient (Wildman–Crippen LogP) is 7.18. The number of anilines is 1. The molecule has 1 fully saturated rings. The van der Waals surface area contributed by atoms with Crippen molar-refractivity contribution < 1.29 is 28.7 Å². The highest BCUT2D eigenvalue weighted by Gasteiger charge is 2.44. The Morgan fingerprint density at radius 2 is 1.19 bits per heavy atom. The van der Waals surface area contributed by atoms with Crippen LogP contribution in [0.2, 0.25) is 0 Å². The molecule has 256 valence electrons. The molecule has 1 saturated carbocycles. The van der Waals surface area contributed by atoms with Crippen molar-refractivity contribution in [2.45, 2.75) is 37.5 Å². The second-order valence-corrected chi connectivity index (χ2v) is 13.5. The predicted molar refractivity (Wildman–Crippen MR) is 195 cm³/mol. The number of ether oxygens (including phenoxy) is 2. The van der Waals surface area contributed by atoms with E-state index in [1.54, 1.807) is 72.8 Å². The van der Waals surface area contributed by atoms with Gasteiger partial charge in [0, 0.05) is 11.1 Å². The topological polar surface area (TPSA) is 125 Å². The number of methoxy groups -OCH3 is 2. The van der Waals surface area contributed by atoms with Gasteiger partial charge >= 0.3 is 0 Å². The average molecular weight is 690 g/mol. The van der Waals surface area contributed by atoms with Crippen LogP contribution in [-0.2, 0) is 0 Å². The zero-order chi connectivity index (χ0) is 35.8. The van der Waals surface area contributed by atoms with Crippen LogP contribution >= 0.6 is 0 Å². The van der Waals surface area contributed by atoms with Crippen LogP contribution in [0.5, 0.6) is 11.5 Å². The molecule has 2 heterocycles. The van der Waals surface area contributed by atoms with E-state index >= 15 is 0 Å². The number of amides is 2. The van der Waals surface area contributed by atoms with Gasteiger partial charge < -0.3 is 9.47 Å². The zero-order valence-corrected chi connectivity index (χ0v) is 28.3. The number of ketones is 2. The van der Waals surface area contributed by atoms with Crippen molar-refractivity contribution in [3.63, 3.8) is 0 Å². The van der Waals surface area contributed by atoms with E-state index < -0.39 is 34.9 Å². The number of hydrogen-bond acceptors (Lipinski definition) is 8. The lowest BCUT2D eigenvalue weighted by Crippen LogP contribution is -2.30. The second kappa shape index (κ2) is 11.8. The number of hydrogen-bond donors (Lipinski definition) is 0. The average Bonchev–Trinajstić information content (AvgIpc) is 3.86. The molecule has 0 radical (unpaired) electrons. The first-order valence-corrected chi connectivity index (χ1v) is 17.2. The number of Topliss-reactive ketones (excluding diaryl/α,β-unsaturated/α-hetero) is 2. The number of carbonyl (C=O) groups excluding carboxylic acids is 4. The molecule has 10 heteroatoms. The minimum atomic E-state index is -1.37. The summed E-state index contributed by atoms with van der Waals surface area (Å²) < 4.78 is 12.8. The highest BCUT2D eigenvalue weighted by molar-refractivity contribution is 6.37. The molecule has 52 heavy (non-hydrogen) atoms. The second-order valence-electron chi connectivity index (χ2n) is 13.5. The van der Waals surface area contributed by atoms with Crippen molar-refractivity contribution in [1.82, 2.24) is 9.55 Å². The van der Waals surface area contributed by atoms with Crippen molar-refractivity contribution in [2.75, 3.05) is 19.1 Å². The van der Waals surface area contributed by atoms with Crippen molar-refractivity contribution >= 4 is 50.7 Å². The molecule has 2 aliphatic carbocycles. The van der Waals surface area contributed by atoms with Crippen molar-refractivity contribution in [2.24, 2.45) is 0 Å². The van der Waals surface area contributed by atoms with E-state index in [4.69, 9.17) is 14.5 Å². The number of nitrogens with zero attached hydrogens (tertiary/aromatic N) is 3. The lowest BCUT2D eigenvalue weighted by Gasteiger charge is -2.22. The fourth-order valence-corrected chi connectivity index (χ4v) is 8.11. The van der Waals surface area contributed by atoms with Gasteiger partial charge in [-0.05, 0) is 95.8 Å². The number of imide groups is 1. The molecule has 5 aromatic carbocycles. The Kier molecular flexibility index (Phi) is 7.18. The molecule has 1 aromatic heterocycles. The maximum absolute atomic E-state index is 14.2. The van der Waals surface area contributed by atoms with E-state index in [0.717, 1.165) is 36.1 Å². The van der Waals surface area contributed by atoms with Gasteiger partial charge in [0.2, 0.25) is 0 Å². The SMILES string of the molecule is COc1cc(C2CCCC2)cc(OC)c1N1C(=O)c2cc3cc4c(cc3cc2C1=O)C(=O)C(c1nc2ccccc2c(=O)n1-c1ccccc1)C4=O. The third-order valence-corrected chi connectivity index (χ3v) is 10.7. The van der Waals surface area contributed by atoms with Gasteiger partial charge in [-0.15, -0.1) is 0 Å². The summed E-state index contributed by atoms with van der Waals surface area (Å²) in [6.07, 6.45) is 4.37. The number of para-hydroxylation sites is 2. The molecule has 0 bridgehead atoms. The summed E-state index contributed by atoms with van der Waals surface area (Å²) in [5, 5.41) is 1.36. The van der Waals surface area contributed by atoms with Gasteiger partial charge in [-0.2, -0.15) is 0 Å². The lowest BCUT2D eigenvalue weighted by molar-refractivity contribution is 0.0879. The first-order valence-electron chi connectivity index (χ1n) is 17.2. The van der Waals surface area contributed by atoms with Crippen molar-refractivity contribution in [3.8, 4) is 17.2 Å². The number of carbonyl (C=O) groups is 4.